The van der Waals surface area contributed by atoms with Crippen molar-refractivity contribution in [2.45, 2.75) is 6.54 Å². The third kappa shape index (κ3) is 4.51. The van der Waals surface area contributed by atoms with Crippen LogP contribution in [0, 0.1) is 9.39 Å². The molecule has 2 amide bonds. The van der Waals surface area contributed by atoms with E-state index in [0.717, 1.165) is 14.8 Å². The zero-order chi connectivity index (χ0) is 13.7. The molecule has 0 bridgehead atoms. The average molecular weight is 370 g/mol. The first-order chi connectivity index (χ1) is 9.13. The molecule has 0 heterocycles. The molecule has 3 nitrogen and oxygen atoms in total. The van der Waals surface area contributed by atoms with Gasteiger partial charge in [0.1, 0.15) is 5.82 Å². The van der Waals surface area contributed by atoms with Crippen molar-refractivity contribution in [2.24, 2.45) is 0 Å². The van der Waals surface area contributed by atoms with E-state index in [1.165, 1.54) is 12.1 Å². The van der Waals surface area contributed by atoms with Gasteiger partial charge in [-0.05, 0) is 64.6 Å². The van der Waals surface area contributed by atoms with Crippen molar-refractivity contribution < 1.29 is 9.18 Å². The van der Waals surface area contributed by atoms with Crippen LogP contribution in [0.3, 0.4) is 0 Å². The highest BCUT2D eigenvalue weighted by Gasteiger charge is 2.02. The number of rotatable bonds is 3. The second-order valence-electron chi connectivity index (χ2n) is 3.94. The number of hydrogen-bond acceptors (Lipinski definition) is 1. The summed E-state index contributed by atoms with van der Waals surface area (Å²) < 4.78 is 14.0. The Morgan fingerprint density at radius 3 is 2.58 bits per heavy atom. The predicted molar refractivity (Wildman–Crippen MR) is 81.4 cm³/mol. The third-order valence-electron chi connectivity index (χ3n) is 2.44. The average Bonchev–Trinajstić information content (AvgIpc) is 2.39. The van der Waals surface area contributed by atoms with Gasteiger partial charge in [0.25, 0.3) is 0 Å². The molecule has 0 spiro atoms. The molecule has 0 radical (unpaired) electrons. The van der Waals surface area contributed by atoms with Crippen LogP contribution in [-0.4, -0.2) is 6.03 Å². The van der Waals surface area contributed by atoms with Gasteiger partial charge in [0.2, 0.25) is 0 Å². The molecule has 19 heavy (non-hydrogen) atoms. The quantitative estimate of drug-likeness (QED) is 0.794. The van der Waals surface area contributed by atoms with Crippen molar-refractivity contribution in [1.82, 2.24) is 5.32 Å². The summed E-state index contributed by atoms with van der Waals surface area (Å²) in [6, 6.07) is 13.3. The summed E-state index contributed by atoms with van der Waals surface area (Å²) in [5.41, 5.74) is 1.44. The number of anilines is 1. The Morgan fingerprint density at radius 1 is 1.16 bits per heavy atom. The van der Waals surface area contributed by atoms with E-state index in [2.05, 4.69) is 33.2 Å². The number of nitrogens with one attached hydrogen (secondary N) is 2. The predicted octanol–water partition coefficient (Wildman–Crippen LogP) is 3.75. The van der Waals surface area contributed by atoms with Gasteiger partial charge in [-0.25, -0.2) is 9.18 Å². The van der Waals surface area contributed by atoms with E-state index in [-0.39, 0.29) is 18.4 Å². The maximum Gasteiger partial charge on any atom is 0.319 e. The number of carbonyl (C=O) groups is 1. The molecule has 0 atom stereocenters. The fourth-order valence-electron chi connectivity index (χ4n) is 1.54. The molecule has 5 heteroatoms. The molecule has 0 aromatic heterocycles. The van der Waals surface area contributed by atoms with Crippen molar-refractivity contribution in [2.75, 3.05) is 5.32 Å². The van der Waals surface area contributed by atoms with Gasteiger partial charge in [-0.3, -0.25) is 0 Å². The highest BCUT2D eigenvalue weighted by molar-refractivity contribution is 14.1. The second-order valence-corrected chi connectivity index (χ2v) is 5.19. The van der Waals surface area contributed by atoms with E-state index in [9.17, 15) is 9.18 Å². The molecular formula is C14H12FIN2O. The van der Waals surface area contributed by atoms with Crippen LogP contribution in [0.5, 0.6) is 0 Å². The molecule has 2 N–H and O–H groups in total. The third-order valence-corrected chi connectivity index (χ3v) is 3.16. The summed E-state index contributed by atoms with van der Waals surface area (Å²) in [6.07, 6.45) is 0. The van der Waals surface area contributed by atoms with Gasteiger partial charge < -0.3 is 10.6 Å². The molecule has 2 rings (SSSR count). The van der Waals surface area contributed by atoms with E-state index in [1.807, 2.05) is 24.3 Å². The standard InChI is InChI=1S/C14H12FIN2O/c15-11-3-1-2-10(8-11)9-17-14(19)18-13-6-4-12(16)5-7-13/h1-8H,9H2,(H2,17,18,19). The smallest absolute Gasteiger partial charge is 0.319 e. The van der Waals surface area contributed by atoms with Gasteiger partial charge in [-0.2, -0.15) is 0 Å². The molecule has 0 aliphatic carbocycles. The lowest BCUT2D eigenvalue weighted by molar-refractivity contribution is 0.251. The van der Waals surface area contributed by atoms with Gasteiger partial charge in [0.15, 0.2) is 0 Å². The maximum atomic E-state index is 12.9. The van der Waals surface area contributed by atoms with Crippen LogP contribution in [-0.2, 0) is 6.54 Å². The van der Waals surface area contributed by atoms with Crippen LogP contribution >= 0.6 is 22.6 Å². The Kier molecular flexibility index (Phi) is 4.73. The first-order valence-electron chi connectivity index (χ1n) is 5.68. The van der Waals surface area contributed by atoms with Gasteiger partial charge in [-0.1, -0.05) is 12.1 Å². The minimum absolute atomic E-state index is 0.286. The van der Waals surface area contributed by atoms with Crippen LogP contribution in [0.25, 0.3) is 0 Å². The molecule has 0 saturated carbocycles. The Balaban J connectivity index is 1.86. The fourth-order valence-corrected chi connectivity index (χ4v) is 1.90. The molecule has 0 aliphatic rings. The van der Waals surface area contributed by atoms with Crippen LogP contribution in [0.15, 0.2) is 48.5 Å². The summed E-state index contributed by atoms with van der Waals surface area (Å²) in [6.45, 7) is 0.286. The summed E-state index contributed by atoms with van der Waals surface area (Å²) >= 11 is 2.19. The lowest BCUT2D eigenvalue weighted by Crippen LogP contribution is -2.28. The van der Waals surface area contributed by atoms with Gasteiger partial charge >= 0.3 is 6.03 Å². The van der Waals surface area contributed by atoms with Crippen molar-refractivity contribution in [3.05, 3.63) is 63.5 Å². The first-order valence-corrected chi connectivity index (χ1v) is 6.76. The number of amides is 2. The minimum atomic E-state index is -0.314. The Bertz CT molecular complexity index is 572. The minimum Gasteiger partial charge on any atom is -0.334 e. The molecule has 98 valence electrons. The van der Waals surface area contributed by atoms with E-state index in [0.29, 0.717) is 0 Å². The lowest BCUT2D eigenvalue weighted by atomic mass is 10.2. The zero-order valence-electron chi connectivity index (χ0n) is 9.99. The largest absolute Gasteiger partial charge is 0.334 e. The van der Waals surface area contributed by atoms with Crippen LogP contribution in [0.2, 0.25) is 0 Å². The normalized spacial score (nSPS) is 10.0. The first kappa shape index (κ1) is 13.8. The summed E-state index contributed by atoms with van der Waals surface area (Å²) in [5, 5.41) is 5.38. The topological polar surface area (TPSA) is 41.1 Å². The fraction of sp³-hybridized carbons (Fsp3) is 0.0714. The summed E-state index contributed by atoms with van der Waals surface area (Å²) in [4.78, 5) is 11.6. The van der Waals surface area contributed by atoms with Gasteiger partial charge in [-0.15, -0.1) is 0 Å². The lowest BCUT2D eigenvalue weighted by Gasteiger charge is -2.07. The van der Waals surface area contributed by atoms with E-state index >= 15 is 0 Å². The number of urea groups is 1. The molecule has 0 aliphatic heterocycles. The SMILES string of the molecule is O=C(NCc1cccc(F)c1)Nc1ccc(I)cc1. The molecule has 0 fully saturated rings. The van der Waals surface area contributed by atoms with Crippen molar-refractivity contribution in [3.8, 4) is 0 Å². The molecule has 0 saturated heterocycles. The van der Waals surface area contributed by atoms with E-state index in [4.69, 9.17) is 0 Å². The number of hydrogen-bond donors (Lipinski definition) is 2. The highest BCUT2D eigenvalue weighted by Crippen LogP contribution is 2.11. The van der Waals surface area contributed by atoms with Crippen molar-refractivity contribution in [3.63, 3.8) is 0 Å². The van der Waals surface area contributed by atoms with Gasteiger partial charge in [0.05, 0.1) is 0 Å². The molecular weight excluding hydrogens is 358 g/mol. The Labute approximate surface area is 124 Å². The summed E-state index contributed by atoms with van der Waals surface area (Å²) in [7, 11) is 0. The number of carbonyl (C=O) groups excluding carboxylic acids is 1. The van der Waals surface area contributed by atoms with Crippen LogP contribution < -0.4 is 10.6 Å². The summed E-state index contributed by atoms with van der Waals surface area (Å²) in [5.74, 6) is -0.308. The number of benzene rings is 2. The molecule has 2 aromatic carbocycles. The maximum absolute atomic E-state index is 12.9. The van der Waals surface area contributed by atoms with Crippen molar-refractivity contribution in [1.29, 1.82) is 0 Å². The van der Waals surface area contributed by atoms with Crippen LogP contribution in [0.1, 0.15) is 5.56 Å². The monoisotopic (exact) mass is 370 g/mol. The van der Waals surface area contributed by atoms with E-state index < -0.39 is 0 Å². The Morgan fingerprint density at radius 2 is 1.89 bits per heavy atom. The molecule has 0 unspecified atom stereocenters. The second kappa shape index (κ2) is 6.51. The van der Waals surface area contributed by atoms with Crippen molar-refractivity contribution >= 4 is 34.3 Å². The highest BCUT2D eigenvalue weighted by atomic mass is 127. The zero-order valence-corrected chi connectivity index (χ0v) is 12.1. The Hall–Kier alpha value is -1.63. The number of halogens is 2. The van der Waals surface area contributed by atoms with Gasteiger partial charge in [0, 0.05) is 15.8 Å². The van der Waals surface area contributed by atoms with Crippen LogP contribution in [0.4, 0.5) is 14.9 Å². The van der Waals surface area contributed by atoms with E-state index in [1.54, 1.807) is 12.1 Å². The molecule has 2 aromatic rings.